The van der Waals surface area contributed by atoms with Crippen LogP contribution in [0.1, 0.15) is 50.3 Å². The molecule has 0 fully saturated rings. The molecule has 176 valence electrons. The smallest absolute Gasteiger partial charge is 0.323 e. The van der Waals surface area contributed by atoms with Gasteiger partial charge in [-0.3, -0.25) is 14.9 Å². The van der Waals surface area contributed by atoms with Gasteiger partial charge < -0.3 is 9.47 Å². The molecule has 0 radical (unpaired) electrons. The lowest BCUT2D eigenvalue weighted by Crippen LogP contribution is -2.53. The van der Waals surface area contributed by atoms with Crippen LogP contribution >= 0.6 is 0 Å². The van der Waals surface area contributed by atoms with Crippen molar-refractivity contribution in [3.05, 3.63) is 95.6 Å². The topological polar surface area (TPSA) is 64.6 Å². The molecule has 0 unspecified atom stereocenters. The maximum absolute atomic E-state index is 13.4. The number of nitrogens with one attached hydrogen (secondary N) is 1. The average Bonchev–Trinajstić information content (AvgIpc) is 3.12. The van der Waals surface area contributed by atoms with Crippen molar-refractivity contribution >= 4 is 11.9 Å². The van der Waals surface area contributed by atoms with Crippen molar-refractivity contribution < 1.29 is 19.1 Å². The highest BCUT2D eigenvalue weighted by atomic mass is 16.6. The summed E-state index contributed by atoms with van der Waals surface area (Å²) in [6.45, 7) is 5.53. The zero-order valence-electron chi connectivity index (χ0n) is 20.1. The third-order valence-electron chi connectivity index (χ3n) is 6.11. The van der Waals surface area contributed by atoms with Crippen LogP contribution in [-0.2, 0) is 24.6 Å². The molecule has 0 aliphatic heterocycles. The lowest BCUT2D eigenvalue weighted by molar-refractivity contribution is -0.158. The van der Waals surface area contributed by atoms with Crippen LogP contribution in [0.4, 0.5) is 0 Å². The van der Waals surface area contributed by atoms with Gasteiger partial charge in [0.25, 0.3) is 0 Å². The van der Waals surface area contributed by atoms with Crippen molar-refractivity contribution in [1.82, 2.24) is 5.32 Å². The first-order valence-corrected chi connectivity index (χ1v) is 11.6. The van der Waals surface area contributed by atoms with Gasteiger partial charge in [-0.1, -0.05) is 78.9 Å². The SMILES string of the molecule is COC(=O)CC[C@H](NC1(c2ccccc2)c2ccccc2-c2ccccc21)C(=O)OC(C)(C)C. The van der Waals surface area contributed by atoms with Crippen LogP contribution < -0.4 is 5.32 Å². The number of hydrogen-bond acceptors (Lipinski definition) is 5. The summed E-state index contributed by atoms with van der Waals surface area (Å²) in [6.07, 6.45) is 0.349. The standard InChI is InChI=1S/C29H31NO4/c1-28(2,3)34-27(32)25(18-19-26(31)33-4)30-29(20-12-6-5-7-13-20)23-16-10-8-14-21(23)22-15-9-11-17-24(22)29/h5-17,25,30H,18-19H2,1-4H3/t25-/m0/s1. The fourth-order valence-electron chi connectivity index (χ4n) is 4.72. The second-order valence-corrected chi connectivity index (χ2v) is 9.55. The van der Waals surface area contributed by atoms with E-state index in [4.69, 9.17) is 9.47 Å². The van der Waals surface area contributed by atoms with Gasteiger partial charge in [-0.2, -0.15) is 0 Å². The molecular formula is C29H31NO4. The lowest BCUT2D eigenvalue weighted by Gasteiger charge is -2.37. The van der Waals surface area contributed by atoms with Gasteiger partial charge in [0.2, 0.25) is 0 Å². The molecule has 0 aromatic heterocycles. The predicted octanol–water partition coefficient (Wildman–Crippen LogP) is 5.21. The highest BCUT2D eigenvalue weighted by Crippen LogP contribution is 2.51. The molecule has 1 atom stereocenters. The van der Waals surface area contributed by atoms with Crippen molar-refractivity contribution in [2.24, 2.45) is 0 Å². The monoisotopic (exact) mass is 457 g/mol. The summed E-state index contributed by atoms with van der Waals surface area (Å²) in [4.78, 5) is 25.4. The first-order valence-electron chi connectivity index (χ1n) is 11.6. The van der Waals surface area contributed by atoms with E-state index >= 15 is 0 Å². The molecular weight excluding hydrogens is 426 g/mol. The largest absolute Gasteiger partial charge is 0.469 e. The number of esters is 2. The lowest BCUT2D eigenvalue weighted by atomic mass is 9.79. The molecule has 3 aromatic rings. The summed E-state index contributed by atoms with van der Waals surface area (Å²) in [5.41, 5.74) is 3.93. The molecule has 0 heterocycles. The fourth-order valence-corrected chi connectivity index (χ4v) is 4.72. The Morgan fingerprint density at radius 2 is 1.38 bits per heavy atom. The minimum absolute atomic E-state index is 0.0988. The average molecular weight is 458 g/mol. The maximum atomic E-state index is 13.4. The molecule has 0 saturated heterocycles. The van der Waals surface area contributed by atoms with Crippen molar-refractivity contribution in [1.29, 1.82) is 0 Å². The minimum Gasteiger partial charge on any atom is -0.469 e. The second kappa shape index (κ2) is 9.43. The third kappa shape index (κ3) is 4.48. The van der Waals surface area contributed by atoms with Gasteiger partial charge in [0.1, 0.15) is 11.6 Å². The van der Waals surface area contributed by atoms with Crippen LogP contribution in [0.5, 0.6) is 0 Å². The second-order valence-electron chi connectivity index (χ2n) is 9.55. The van der Waals surface area contributed by atoms with Gasteiger partial charge >= 0.3 is 11.9 Å². The van der Waals surface area contributed by atoms with E-state index in [0.717, 1.165) is 27.8 Å². The van der Waals surface area contributed by atoms with Gasteiger partial charge in [0.15, 0.2) is 0 Å². The number of methoxy groups -OCH3 is 1. The zero-order chi connectivity index (χ0) is 24.3. The van der Waals surface area contributed by atoms with Gasteiger partial charge in [-0.25, -0.2) is 0 Å². The molecule has 0 spiro atoms. The van der Waals surface area contributed by atoms with E-state index in [0.29, 0.717) is 0 Å². The summed E-state index contributed by atoms with van der Waals surface area (Å²) < 4.78 is 10.6. The molecule has 0 saturated carbocycles. The van der Waals surface area contributed by atoms with Crippen molar-refractivity contribution in [2.75, 3.05) is 7.11 Å². The number of rotatable bonds is 7. The molecule has 4 rings (SSSR count). The highest BCUT2D eigenvalue weighted by Gasteiger charge is 2.47. The van der Waals surface area contributed by atoms with Gasteiger partial charge in [-0.05, 0) is 55.0 Å². The molecule has 34 heavy (non-hydrogen) atoms. The Bertz CT molecular complexity index is 1130. The van der Waals surface area contributed by atoms with Crippen molar-refractivity contribution in [3.63, 3.8) is 0 Å². The Balaban J connectivity index is 1.88. The molecule has 3 aromatic carbocycles. The number of fused-ring (bicyclic) bond motifs is 3. The summed E-state index contributed by atoms with van der Waals surface area (Å²) >= 11 is 0. The number of hydrogen-bond donors (Lipinski definition) is 1. The van der Waals surface area contributed by atoms with Gasteiger partial charge in [-0.15, -0.1) is 0 Å². The molecule has 5 heteroatoms. The number of carbonyl (C=O) groups is 2. The highest BCUT2D eigenvalue weighted by molar-refractivity contribution is 5.84. The summed E-state index contributed by atoms with van der Waals surface area (Å²) in [7, 11) is 1.35. The first kappa shape index (κ1) is 23.7. The Morgan fingerprint density at radius 1 is 0.853 bits per heavy atom. The van der Waals surface area contributed by atoms with E-state index in [2.05, 4.69) is 41.7 Å². The quantitative estimate of drug-likeness (QED) is 0.493. The van der Waals surface area contributed by atoms with Crippen LogP contribution in [0, 0.1) is 0 Å². The van der Waals surface area contributed by atoms with Gasteiger partial charge in [0, 0.05) is 6.42 Å². The molecule has 1 aliphatic carbocycles. The van der Waals surface area contributed by atoms with Crippen LogP contribution in [0.15, 0.2) is 78.9 Å². The van der Waals surface area contributed by atoms with Gasteiger partial charge in [0.05, 0.1) is 12.6 Å². The fraction of sp³-hybridized carbons (Fsp3) is 0.310. The summed E-state index contributed by atoms with van der Waals surface area (Å²) in [6, 6.07) is 25.9. The number of benzene rings is 3. The Kier molecular flexibility index (Phi) is 6.58. The molecule has 0 amide bonds. The number of carbonyl (C=O) groups excluding carboxylic acids is 2. The Morgan fingerprint density at radius 3 is 1.91 bits per heavy atom. The maximum Gasteiger partial charge on any atom is 0.323 e. The van der Waals surface area contributed by atoms with Crippen LogP contribution in [0.25, 0.3) is 11.1 Å². The molecule has 1 N–H and O–H groups in total. The third-order valence-corrected chi connectivity index (χ3v) is 6.11. The zero-order valence-corrected chi connectivity index (χ0v) is 20.1. The van der Waals surface area contributed by atoms with E-state index in [1.54, 1.807) is 0 Å². The van der Waals surface area contributed by atoms with Crippen LogP contribution in [-0.4, -0.2) is 30.7 Å². The Hall–Kier alpha value is -3.44. The summed E-state index contributed by atoms with van der Waals surface area (Å²) in [5.74, 6) is -0.759. The Labute approximate surface area is 201 Å². The summed E-state index contributed by atoms with van der Waals surface area (Å²) in [5, 5.41) is 3.68. The molecule has 0 bridgehead atoms. The van der Waals surface area contributed by atoms with Crippen molar-refractivity contribution in [2.45, 2.75) is 50.8 Å². The van der Waals surface area contributed by atoms with E-state index < -0.39 is 23.2 Å². The van der Waals surface area contributed by atoms with Crippen LogP contribution in [0.3, 0.4) is 0 Å². The molecule has 5 nitrogen and oxygen atoms in total. The first-order chi connectivity index (χ1) is 16.3. The van der Waals surface area contributed by atoms with E-state index in [1.165, 1.54) is 7.11 Å². The van der Waals surface area contributed by atoms with E-state index in [9.17, 15) is 9.59 Å². The van der Waals surface area contributed by atoms with E-state index in [1.807, 2.05) is 63.2 Å². The predicted molar refractivity (Wildman–Crippen MR) is 132 cm³/mol. The minimum atomic E-state index is -0.786. The van der Waals surface area contributed by atoms with Crippen LogP contribution in [0.2, 0.25) is 0 Å². The number of ether oxygens (including phenoxy) is 2. The van der Waals surface area contributed by atoms with E-state index in [-0.39, 0.29) is 18.8 Å². The van der Waals surface area contributed by atoms with Crippen molar-refractivity contribution in [3.8, 4) is 11.1 Å². The molecule has 1 aliphatic rings. The normalized spacial score (nSPS) is 14.6.